The molecule has 3 atom stereocenters. The lowest BCUT2D eigenvalue weighted by Gasteiger charge is -2.16. The third-order valence-electron chi connectivity index (χ3n) is 5.02. The Bertz CT molecular complexity index is 599. The quantitative estimate of drug-likeness (QED) is 0.803. The fourth-order valence-electron chi connectivity index (χ4n) is 3.45. The molecule has 0 heterocycles. The van der Waals surface area contributed by atoms with Crippen molar-refractivity contribution in [3.05, 3.63) is 65.7 Å². The lowest BCUT2D eigenvalue weighted by atomic mass is 9.94. The topological polar surface area (TPSA) is 35.2 Å². The molecule has 3 unspecified atom stereocenters. The van der Waals surface area contributed by atoms with Gasteiger partial charge in [-0.2, -0.15) is 0 Å². The van der Waals surface area contributed by atoms with Gasteiger partial charge in [0.25, 0.3) is 0 Å². The molecule has 0 amide bonds. The first kappa shape index (κ1) is 18.8. The van der Waals surface area contributed by atoms with Crippen molar-refractivity contribution >= 4 is 12.4 Å². The van der Waals surface area contributed by atoms with Crippen molar-refractivity contribution in [2.75, 3.05) is 6.61 Å². The van der Waals surface area contributed by atoms with Gasteiger partial charge >= 0.3 is 0 Å². The van der Waals surface area contributed by atoms with Gasteiger partial charge in [0.05, 0.1) is 6.61 Å². The minimum absolute atomic E-state index is 0. The molecule has 3 heteroatoms. The molecule has 130 valence electrons. The van der Waals surface area contributed by atoms with Gasteiger partial charge in [-0.1, -0.05) is 55.8 Å². The first-order chi connectivity index (χ1) is 11.2. The zero-order valence-electron chi connectivity index (χ0n) is 14.4. The van der Waals surface area contributed by atoms with Gasteiger partial charge in [0.1, 0.15) is 5.75 Å². The molecule has 1 aliphatic carbocycles. The summed E-state index contributed by atoms with van der Waals surface area (Å²) in [4.78, 5) is 0. The Morgan fingerprint density at radius 2 is 1.75 bits per heavy atom. The van der Waals surface area contributed by atoms with Gasteiger partial charge in [-0.3, -0.25) is 0 Å². The maximum absolute atomic E-state index is 6.10. The summed E-state index contributed by atoms with van der Waals surface area (Å²) in [5.41, 5.74) is 8.84. The molecule has 1 fully saturated rings. The van der Waals surface area contributed by atoms with E-state index in [4.69, 9.17) is 10.5 Å². The van der Waals surface area contributed by atoms with Crippen LogP contribution in [0.2, 0.25) is 0 Å². The molecule has 0 spiro atoms. The summed E-state index contributed by atoms with van der Waals surface area (Å²) in [6, 6.07) is 19.6. The van der Waals surface area contributed by atoms with Crippen LogP contribution in [0.1, 0.15) is 43.2 Å². The maximum Gasteiger partial charge on any atom is 0.119 e. The van der Waals surface area contributed by atoms with Crippen LogP contribution < -0.4 is 10.5 Å². The minimum atomic E-state index is 0. The van der Waals surface area contributed by atoms with Crippen LogP contribution >= 0.6 is 12.4 Å². The third-order valence-corrected chi connectivity index (χ3v) is 5.02. The number of ether oxygens (including phenoxy) is 1. The highest BCUT2D eigenvalue weighted by Crippen LogP contribution is 2.26. The molecule has 2 aromatic rings. The summed E-state index contributed by atoms with van der Waals surface area (Å²) >= 11 is 0. The van der Waals surface area contributed by atoms with E-state index in [9.17, 15) is 0 Å². The van der Waals surface area contributed by atoms with Gasteiger partial charge in [0.2, 0.25) is 0 Å². The summed E-state index contributed by atoms with van der Waals surface area (Å²) in [5.74, 6) is 2.01. The number of rotatable bonds is 6. The summed E-state index contributed by atoms with van der Waals surface area (Å²) < 4.78 is 5.92. The Morgan fingerprint density at radius 1 is 1.04 bits per heavy atom. The number of nitrogens with two attached hydrogens (primary N) is 1. The van der Waals surface area contributed by atoms with Crippen LogP contribution in [0.25, 0.3) is 0 Å². The molecule has 3 rings (SSSR count). The van der Waals surface area contributed by atoms with Gasteiger partial charge in [-0.15, -0.1) is 12.4 Å². The molecule has 0 aromatic heterocycles. The standard InChI is InChI=1S/C21H27NO.ClH/c1-16(18-6-3-2-4-7-18)14-17-10-12-20(13-11-17)23-15-19-8-5-9-21(19)22;/h2-4,6-7,10-13,16,19,21H,5,8-9,14-15,22H2,1H3;1H. The lowest BCUT2D eigenvalue weighted by molar-refractivity contribution is 0.239. The van der Waals surface area contributed by atoms with Crippen LogP contribution in [0.15, 0.2) is 54.6 Å². The summed E-state index contributed by atoms with van der Waals surface area (Å²) in [5, 5.41) is 0. The average Bonchev–Trinajstić information content (AvgIpc) is 3.00. The van der Waals surface area contributed by atoms with Gasteiger partial charge in [-0.05, 0) is 48.4 Å². The minimum Gasteiger partial charge on any atom is -0.493 e. The number of halogens is 1. The highest BCUT2D eigenvalue weighted by atomic mass is 35.5. The monoisotopic (exact) mass is 345 g/mol. The van der Waals surface area contributed by atoms with Crippen LogP contribution in [0.3, 0.4) is 0 Å². The van der Waals surface area contributed by atoms with Gasteiger partial charge in [-0.25, -0.2) is 0 Å². The van der Waals surface area contributed by atoms with E-state index in [1.165, 1.54) is 24.0 Å². The molecule has 2 aromatic carbocycles. The lowest BCUT2D eigenvalue weighted by Crippen LogP contribution is -2.28. The second-order valence-corrected chi connectivity index (χ2v) is 6.83. The predicted octanol–water partition coefficient (Wildman–Crippen LogP) is 4.96. The molecule has 2 N–H and O–H groups in total. The molecule has 0 aliphatic heterocycles. The zero-order chi connectivity index (χ0) is 16.1. The number of hydrogen-bond donors (Lipinski definition) is 1. The second kappa shape index (κ2) is 9.10. The van der Waals surface area contributed by atoms with Crippen molar-refractivity contribution < 1.29 is 4.74 Å². The molecule has 0 saturated heterocycles. The highest BCUT2D eigenvalue weighted by molar-refractivity contribution is 5.85. The normalized spacial score (nSPS) is 21.1. The zero-order valence-corrected chi connectivity index (χ0v) is 15.2. The summed E-state index contributed by atoms with van der Waals surface area (Å²) in [6.45, 7) is 3.03. The van der Waals surface area contributed by atoms with Gasteiger partial charge < -0.3 is 10.5 Å². The van der Waals surface area contributed by atoms with E-state index in [0.29, 0.717) is 17.9 Å². The summed E-state index contributed by atoms with van der Waals surface area (Å²) in [7, 11) is 0. The Kier molecular flexibility index (Phi) is 7.14. The van der Waals surface area contributed by atoms with E-state index < -0.39 is 0 Å². The van der Waals surface area contributed by atoms with E-state index in [1.54, 1.807) is 0 Å². The van der Waals surface area contributed by atoms with Crippen molar-refractivity contribution in [2.24, 2.45) is 11.7 Å². The van der Waals surface area contributed by atoms with Crippen LogP contribution in [0.5, 0.6) is 5.75 Å². The Labute approximate surface area is 151 Å². The predicted molar refractivity (Wildman–Crippen MR) is 103 cm³/mol. The van der Waals surface area contributed by atoms with Crippen molar-refractivity contribution in [1.82, 2.24) is 0 Å². The number of benzene rings is 2. The van der Waals surface area contributed by atoms with Crippen molar-refractivity contribution in [3.8, 4) is 5.75 Å². The van der Waals surface area contributed by atoms with E-state index >= 15 is 0 Å². The fourth-order valence-corrected chi connectivity index (χ4v) is 3.45. The van der Waals surface area contributed by atoms with Crippen LogP contribution in [0, 0.1) is 5.92 Å². The molecule has 2 nitrogen and oxygen atoms in total. The molecular formula is C21H28ClNO. The molecule has 0 radical (unpaired) electrons. The number of hydrogen-bond acceptors (Lipinski definition) is 2. The van der Waals surface area contributed by atoms with Crippen LogP contribution in [0.4, 0.5) is 0 Å². The second-order valence-electron chi connectivity index (χ2n) is 6.83. The Hall–Kier alpha value is -1.51. The fraction of sp³-hybridized carbons (Fsp3) is 0.429. The van der Waals surface area contributed by atoms with Crippen LogP contribution in [-0.2, 0) is 6.42 Å². The maximum atomic E-state index is 6.10. The van der Waals surface area contributed by atoms with E-state index in [-0.39, 0.29) is 12.4 Å². The average molecular weight is 346 g/mol. The Morgan fingerprint density at radius 3 is 2.38 bits per heavy atom. The van der Waals surface area contributed by atoms with Crippen molar-refractivity contribution in [2.45, 2.75) is 44.6 Å². The third kappa shape index (κ3) is 4.99. The molecule has 24 heavy (non-hydrogen) atoms. The van der Waals surface area contributed by atoms with Crippen molar-refractivity contribution in [3.63, 3.8) is 0 Å². The smallest absolute Gasteiger partial charge is 0.119 e. The van der Waals surface area contributed by atoms with Gasteiger partial charge in [0, 0.05) is 12.0 Å². The van der Waals surface area contributed by atoms with E-state index in [2.05, 4.69) is 61.5 Å². The van der Waals surface area contributed by atoms with E-state index in [0.717, 1.165) is 25.2 Å². The summed E-state index contributed by atoms with van der Waals surface area (Å²) in [6.07, 6.45) is 4.64. The van der Waals surface area contributed by atoms with Crippen LogP contribution in [-0.4, -0.2) is 12.6 Å². The van der Waals surface area contributed by atoms with Crippen molar-refractivity contribution in [1.29, 1.82) is 0 Å². The molecule has 0 bridgehead atoms. The molecule has 1 saturated carbocycles. The largest absolute Gasteiger partial charge is 0.493 e. The first-order valence-electron chi connectivity index (χ1n) is 8.74. The highest BCUT2D eigenvalue weighted by Gasteiger charge is 2.24. The molecule has 1 aliphatic rings. The Balaban J connectivity index is 0.00000208. The molecular weight excluding hydrogens is 318 g/mol. The first-order valence-corrected chi connectivity index (χ1v) is 8.74. The van der Waals surface area contributed by atoms with Gasteiger partial charge in [0.15, 0.2) is 0 Å². The van der Waals surface area contributed by atoms with E-state index in [1.807, 2.05) is 0 Å². The SMILES string of the molecule is CC(Cc1ccc(OCC2CCCC2N)cc1)c1ccccc1.Cl.